The first-order valence-corrected chi connectivity index (χ1v) is 7.13. The van der Waals surface area contributed by atoms with E-state index in [1.807, 2.05) is 6.92 Å². The van der Waals surface area contributed by atoms with Crippen molar-refractivity contribution < 1.29 is 0 Å². The molecule has 96 valence electrons. The van der Waals surface area contributed by atoms with Crippen LogP contribution in [0.25, 0.3) is 10.2 Å². The van der Waals surface area contributed by atoms with Crippen LogP contribution in [-0.2, 0) is 0 Å². The lowest BCUT2D eigenvalue weighted by atomic mass is 10.2. The summed E-state index contributed by atoms with van der Waals surface area (Å²) in [6.07, 6.45) is 1.05. The van der Waals surface area contributed by atoms with Gasteiger partial charge < -0.3 is 10.6 Å². The lowest BCUT2D eigenvalue weighted by Gasteiger charge is -2.18. The lowest BCUT2D eigenvalue weighted by molar-refractivity contribution is 0.751. The maximum absolute atomic E-state index is 6.01. The van der Waals surface area contributed by atoms with Gasteiger partial charge in [0.25, 0.3) is 0 Å². The van der Waals surface area contributed by atoms with Crippen molar-refractivity contribution in [3.63, 3.8) is 0 Å². The van der Waals surface area contributed by atoms with Crippen LogP contribution >= 0.6 is 11.3 Å². The Morgan fingerprint density at radius 1 is 1.28 bits per heavy atom. The number of hydrogen-bond acceptors (Lipinski definition) is 5. The van der Waals surface area contributed by atoms with Crippen LogP contribution in [-0.4, -0.2) is 29.1 Å². The molecule has 0 bridgehead atoms. The van der Waals surface area contributed by atoms with Gasteiger partial charge in [0, 0.05) is 24.0 Å². The molecule has 0 radical (unpaired) electrons. The lowest BCUT2D eigenvalue weighted by Crippen LogP contribution is -2.27. The zero-order valence-electron chi connectivity index (χ0n) is 11.0. The average Bonchev–Trinajstić information content (AvgIpc) is 2.84. The van der Waals surface area contributed by atoms with Crippen molar-refractivity contribution >= 4 is 27.4 Å². The van der Waals surface area contributed by atoms with E-state index in [9.17, 15) is 0 Å². The maximum atomic E-state index is 6.01. The van der Waals surface area contributed by atoms with Crippen molar-refractivity contribution in [2.75, 3.05) is 18.0 Å². The second-order valence-electron chi connectivity index (χ2n) is 5.05. The van der Waals surface area contributed by atoms with Crippen LogP contribution < -0.4 is 10.6 Å². The summed E-state index contributed by atoms with van der Waals surface area (Å²) in [5.74, 6) is 1.92. The zero-order chi connectivity index (χ0) is 12.9. The fourth-order valence-corrected chi connectivity index (χ4v) is 3.61. The number of thiophene rings is 1. The summed E-state index contributed by atoms with van der Waals surface area (Å²) < 4.78 is 0. The molecular weight excluding hydrogens is 244 g/mol. The van der Waals surface area contributed by atoms with Crippen LogP contribution in [0.3, 0.4) is 0 Å². The third-order valence-corrected chi connectivity index (χ3v) is 4.75. The van der Waals surface area contributed by atoms with Gasteiger partial charge in [-0.25, -0.2) is 9.97 Å². The number of aryl methyl sites for hydroxylation is 3. The van der Waals surface area contributed by atoms with Crippen molar-refractivity contribution in [2.45, 2.75) is 33.2 Å². The second-order valence-corrected chi connectivity index (χ2v) is 6.26. The topological polar surface area (TPSA) is 55.0 Å². The molecule has 1 fully saturated rings. The summed E-state index contributed by atoms with van der Waals surface area (Å²) >= 11 is 1.76. The summed E-state index contributed by atoms with van der Waals surface area (Å²) in [5.41, 5.74) is 7.32. The first kappa shape index (κ1) is 11.9. The third kappa shape index (κ3) is 1.78. The van der Waals surface area contributed by atoms with Crippen LogP contribution in [0, 0.1) is 20.8 Å². The molecule has 4 nitrogen and oxygen atoms in total. The summed E-state index contributed by atoms with van der Waals surface area (Å²) in [5, 5.41) is 1.22. The fraction of sp³-hybridized carbons (Fsp3) is 0.538. The highest BCUT2D eigenvalue weighted by atomic mass is 32.1. The number of aromatic nitrogens is 2. The normalized spacial score (nSPS) is 20.0. The van der Waals surface area contributed by atoms with Gasteiger partial charge >= 0.3 is 0 Å². The molecule has 1 aliphatic rings. The van der Waals surface area contributed by atoms with E-state index >= 15 is 0 Å². The van der Waals surface area contributed by atoms with E-state index < -0.39 is 0 Å². The van der Waals surface area contributed by atoms with Gasteiger partial charge in [0.15, 0.2) is 0 Å². The molecule has 2 aromatic heterocycles. The van der Waals surface area contributed by atoms with Crippen LogP contribution in [0.4, 0.5) is 5.82 Å². The minimum Gasteiger partial charge on any atom is -0.354 e. The van der Waals surface area contributed by atoms with E-state index in [0.29, 0.717) is 0 Å². The van der Waals surface area contributed by atoms with E-state index in [1.54, 1.807) is 11.3 Å². The van der Waals surface area contributed by atoms with Crippen molar-refractivity contribution in [3.8, 4) is 0 Å². The van der Waals surface area contributed by atoms with E-state index in [0.717, 1.165) is 36.0 Å². The molecule has 3 heterocycles. The SMILES string of the molecule is Cc1nc(N2CCC(N)C2)c2c(C)c(C)sc2n1. The highest BCUT2D eigenvalue weighted by Gasteiger charge is 2.24. The highest BCUT2D eigenvalue weighted by molar-refractivity contribution is 7.18. The molecule has 1 atom stereocenters. The number of rotatable bonds is 1. The second kappa shape index (κ2) is 4.17. The van der Waals surface area contributed by atoms with Gasteiger partial charge in [0.1, 0.15) is 16.5 Å². The van der Waals surface area contributed by atoms with Gasteiger partial charge in [-0.3, -0.25) is 0 Å². The minimum absolute atomic E-state index is 0.273. The van der Waals surface area contributed by atoms with E-state index in [2.05, 4.69) is 28.7 Å². The number of fused-ring (bicyclic) bond motifs is 1. The highest BCUT2D eigenvalue weighted by Crippen LogP contribution is 2.35. The van der Waals surface area contributed by atoms with E-state index in [1.165, 1.54) is 15.8 Å². The Kier molecular flexibility index (Phi) is 2.75. The third-order valence-electron chi connectivity index (χ3n) is 3.65. The summed E-state index contributed by atoms with van der Waals surface area (Å²) in [6.45, 7) is 8.17. The molecule has 1 saturated heterocycles. The zero-order valence-corrected chi connectivity index (χ0v) is 11.8. The summed E-state index contributed by atoms with van der Waals surface area (Å²) in [7, 11) is 0. The van der Waals surface area contributed by atoms with Gasteiger partial charge in [-0.2, -0.15) is 0 Å². The van der Waals surface area contributed by atoms with Gasteiger partial charge in [-0.15, -0.1) is 11.3 Å². The maximum Gasteiger partial charge on any atom is 0.141 e. The van der Waals surface area contributed by atoms with Gasteiger partial charge in [0.2, 0.25) is 0 Å². The molecule has 0 aliphatic carbocycles. The van der Waals surface area contributed by atoms with Crippen LogP contribution in [0.5, 0.6) is 0 Å². The first-order chi connectivity index (χ1) is 8.56. The minimum atomic E-state index is 0.273. The quantitative estimate of drug-likeness (QED) is 0.855. The number of anilines is 1. The van der Waals surface area contributed by atoms with Crippen molar-refractivity contribution in [1.29, 1.82) is 0 Å². The predicted molar refractivity (Wildman–Crippen MR) is 76.4 cm³/mol. The molecule has 18 heavy (non-hydrogen) atoms. The number of nitrogens with zero attached hydrogens (tertiary/aromatic N) is 3. The Hall–Kier alpha value is -1.20. The molecule has 0 saturated carbocycles. The standard InChI is InChI=1S/C13H18N4S/c1-7-8(2)18-13-11(7)12(15-9(3)16-13)17-5-4-10(14)6-17/h10H,4-6,14H2,1-3H3. The van der Waals surface area contributed by atoms with E-state index in [-0.39, 0.29) is 6.04 Å². The fourth-order valence-electron chi connectivity index (χ4n) is 2.54. The van der Waals surface area contributed by atoms with Gasteiger partial charge in [-0.05, 0) is 32.8 Å². The molecule has 1 aliphatic heterocycles. The van der Waals surface area contributed by atoms with Crippen molar-refractivity contribution in [1.82, 2.24) is 9.97 Å². The summed E-state index contributed by atoms with van der Waals surface area (Å²) in [6, 6.07) is 0.273. The molecule has 2 aromatic rings. The number of nitrogens with two attached hydrogens (primary N) is 1. The molecule has 0 amide bonds. The molecule has 5 heteroatoms. The largest absolute Gasteiger partial charge is 0.354 e. The Labute approximate surface area is 111 Å². The molecule has 0 aromatic carbocycles. The van der Waals surface area contributed by atoms with Crippen LogP contribution in [0.2, 0.25) is 0 Å². The van der Waals surface area contributed by atoms with Crippen LogP contribution in [0.15, 0.2) is 0 Å². The molecule has 0 spiro atoms. The van der Waals surface area contributed by atoms with Gasteiger partial charge in [-0.1, -0.05) is 0 Å². The molecule has 1 unspecified atom stereocenters. The number of hydrogen-bond donors (Lipinski definition) is 1. The van der Waals surface area contributed by atoms with Gasteiger partial charge in [0.05, 0.1) is 5.39 Å². The predicted octanol–water partition coefficient (Wildman–Crippen LogP) is 2.15. The molecular formula is C13H18N4S. The first-order valence-electron chi connectivity index (χ1n) is 6.31. The summed E-state index contributed by atoms with van der Waals surface area (Å²) in [4.78, 5) is 14.0. The smallest absolute Gasteiger partial charge is 0.141 e. The Bertz CT molecular complexity index is 605. The Balaban J connectivity index is 2.20. The molecule has 3 rings (SSSR count). The van der Waals surface area contributed by atoms with E-state index in [4.69, 9.17) is 5.73 Å². The molecule has 2 N–H and O–H groups in total. The van der Waals surface area contributed by atoms with Crippen LogP contribution in [0.1, 0.15) is 22.7 Å². The van der Waals surface area contributed by atoms with Crippen molar-refractivity contribution in [3.05, 3.63) is 16.3 Å². The van der Waals surface area contributed by atoms with Crippen molar-refractivity contribution in [2.24, 2.45) is 5.73 Å². The Morgan fingerprint density at radius 2 is 2.06 bits per heavy atom. The monoisotopic (exact) mass is 262 g/mol. The average molecular weight is 262 g/mol. The Morgan fingerprint density at radius 3 is 2.72 bits per heavy atom.